The van der Waals surface area contributed by atoms with E-state index in [1.807, 2.05) is 12.2 Å². The third kappa shape index (κ3) is 38.7. The van der Waals surface area contributed by atoms with Gasteiger partial charge in [0.15, 0.2) is 0 Å². The van der Waals surface area contributed by atoms with Gasteiger partial charge in [0, 0.05) is 6.42 Å². The predicted octanol–water partition coefficient (Wildman–Crippen LogP) is 13.7. The summed E-state index contributed by atoms with van der Waals surface area (Å²) in [5.41, 5.74) is 0. The summed E-state index contributed by atoms with van der Waals surface area (Å²) < 4.78 is 5.79. The summed E-state index contributed by atoms with van der Waals surface area (Å²) in [6, 6.07) is -0.731. The molecule has 0 saturated heterocycles. The van der Waals surface area contributed by atoms with E-state index < -0.39 is 18.2 Å². The zero-order valence-corrected chi connectivity index (χ0v) is 36.6. The van der Waals surface area contributed by atoms with Crippen LogP contribution < -0.4 is 5.32 Å². The van der Waals surface area contributed by atoms with Gasteiger partial charge in [0.25, 0.3) is 0 Å². The summed E-state index contributed by atoms with van der Waals surface area (Å²) in [6.45, 7) is 6.42. The molecule has 0 heterocycles. The van der Waals surface area contributed by atoms with Gasteiger partial charge in [0.05, 0.1) is 25.2 Å². The normalized spacial score (nSPS) is 13.6. The summed E-state index contributed by atoms with van der Waals surface area (Å²) in [4.78, 5) is 25.9. The van der Waals surface area contributed by atoms with Crippen molar-refractivity contribution in [3.05, 3.63) is 36.5 Å². The Balaban J connectivity index is 4.67. The number of nitrogens with one attached hydrogen (secondary N) is 1. The third-order valence-electron chi connectivity index (χ3n) is 10.7. The fourth-order valence-corrected chi connectivity index (χ4v) is 7.04. The second-order valence-electron chi connectivity index (χ2n) is 16.2. The van der Waals surface area contributed by atoms with Crippen LogP contribution in [0.2, 0.25) is 0 Å². The van der Waals surface area contributed by atoms with Gasteiger partial charge in [-0.05, 0) is 63.9 Å². The lowest BCUT2D eigenvalue weighted by atomic mass is 10.0. The van der Waals surface area contributed by atoms with Gasteiger partial charge in [-0.3, -0.25) is 9.59 Å². The number of rotatable bonds is 42. The van der Waals surface area contributed by atoms with Crippen LogP contribution in [0.3, 0.4) is 0 Å². The zero-order valence-electron chi connectivity index (χ0n) is 36.6. The molecule has 0 aliphatic rings. The van der Waals surface area contributed by atoms with Gasteiger partial charge >= 0.3 is 5.97 Å². The van der Waals surface area contributed by atoms with Gasteiger partial charge in [-0.2, -0.15) is 0 Å². The summed E-state index contributed by atoms with van der Waals surface area (Å²) in [7, 11) is 0. The molecule has 55 heavy (non-hydrogen) atoms. The number of aliphatic hydroxyl groups is 2. The standard InChI is InChI=1S/C49H91NO5/c1-4-7-10-13-16-19-22-24-27-30-33-36-39-42-49(54)55-45(40-37-34-31-28-25-21-18-15-12-9-6-3)43-48(53)50-46(44-51)47(52)41-38-35-32-29-26-23-20-17-14-11-8-5-2/h24,27-28,31,37,40,45-47,51-52H,4-23,25-26,29-30,32-36,38-39,41-44H2,1-3H3,(H,50,53)/b27-24-,31-28-,40-37+. The van der Waals surface area contributed by atoms with Crippen LogP contribution in [0.25, 0.3) is 0 Å². The monoisotopic (exact) mass is 774 g/mol. The van der Waals surface area contributed by atoms with Crippen LogP contribution in [0.1, 0.15) is 239 Å². The lowest BCUT2D eigenvalue weighted by molar-refractivity contribution is -0.148. The Morgan fingerprint density at radius 2 is 0.964 bits per heavy atom. The van der Waals surface area contributed by atoms with Gasteiger partial charge in [-0.15, -0.1) is 0 Å². The first-order valence-electron chi connectivity index (χ1n) is 23.7. The molecule has 3 atom stereocenters. The zero-order chi connectivity index (χ0) is 40.3. The molecule has 0 saturated carbocycles. The molecule has 3 unspecified atom stereocenters. The lowest BCUT2D eigenvalue weighted by Crippen LogP contribution is -2.46. The van der Waals surface area contributed by atoms with Crippen molar-refractivity contribution in [2.45, 2.75) is 257 Å². The number of carbonyl (C=O) groups excluding carboxylic acids is 2. The molecule has 0 fully saturated rings. The minimum atomic E-state index is -0.809. The van der Waals surface area contributed by atoms with Crippen LogP contribution in [-0.2, 0) is 14.3 Å². The highest BCUT2D eigenvalue weighted by molar-refractivity contribution is 5.78. The van der Waals surface area contributed by atoms with Crippen molar-refractivity contribution < 1.29 is 24.5 Å². The summed E-state index contributed by atoms with van der Waals surface area (Å²) >= 11 is 0. The fraction of sp³-hybridized carbons (Fsp3) is 0.837. The number of carbonyl (C=O) groups is 2. The maximum atomic E-state index is 13.1. The van der Waals surface area contributed by atoms with E-state index in [-0.39, 0.29) is 24.9 Å². The van der Waals surface area contributed by atoms with Gasteiger partial charge < -0.3 is 20.3 Å². The van der Waals surface area contributed by atoms with Crippen molar-refractivity contribution in [2.75, 3.05) is 6.61 Å². The minimum absolute atomic E-state index is 0.0328. The average Bonchev–Trinajstić information content (AvgIpc) is 3.18. The molecule has 0 aromatic carbocycles. The Morgan fingerprint density at radius 3 is 1.44 bits per heavy atom. The average molecular weight is 774 g/mol. The SMILES string of the molecule is CCCCCCCC/C=C\C/C=C/C(CC(=O)NC(CO)C(O)CCCCCCCCCCCCCC)OC(=O)CCCCC/C=C\CCCCCCCC. The second kappa shape index (κ2) is 43.2. The first kappa shape index (κ1) is 53.1. The lowest BCUT2D eigenvalue weighted by Gasteiger charge is -2.23. The molecule has 0 aliphatic heterocycles. The summed E-state index contributed by atoms with van der Waals surface area (Å²) in [6.07, 6.45) is 49.5. The van der Waals surface area contributed by atoms with E-state index in [9.17, 15) is 19.8 Å². The highest BCUT2D eigenvalue weighted by Gasteiger charge is 2.23. The molecule has 0 spiro atoms. The predicted molar refractivity (Wildman–Crippen MR) is 236 cm³/mol. The number of ether oxygens (including phenoxy) is 1. The smallest absolute Gasteiger partial charge is 0.306 e. The topological polar surface area (TPSA) is 95.9 Å². The van der Waals surface area contributed by atoms with E-state index in [2.05, 4.69) is 50.4 Å². The van der Waals surface area contributed by atoms with E-state index >= 15 is 0 Å². The van der Waals surface area contributed by atoms with Crippen molar-refractivity contribution in [2.24, 2.45) is 0 Å². The molecular formula is C49H91NO5. The molecule has 0 aromatic heterocycles. The number of allylic oxidation sites excluding steroid dienone is 5. The molecule has 0 aromatic rings. The molecular weight excluding hydrogens is 683 g/mol. The highest BCUT2D eigenvalue weighted by atomic mass is 16.5. The Bertz CT molecular complexity index is 915. The number of esters is 1. The summed E-state index contributed by atoms with van der Waals surface area (Å²) in [5, 5.41) is 23.6. The van der Waals surface area contributed by atoms with E-state index in [0.717, 1.165) is 64.2 Å². The second-order valence-corrected chi connectivity index (χ2v) is 16.2. The van der Waals surface area contributed by atoms with Crippen molar-refractivity contribution in [1.29, 1.82) is 0 Å². The van der Waals surface area contributed by atoms with Crippen molar-refractivity contribution in [1.82, 2.24) is 5.32 Å². The number of aliphatic hydroxyl groups excluding tert-OH is 2. The number of hydrogen-bond donors (Lipinski definition) is 3. The van der Waals surface area contributed by atoms with E-state index in [1.165, 1.54) is 135 Å². The molecule has 6 heteroatoms. The quantitative estimate of drug-likeness (QED) is 0.0326. The van der Waals surface area contributed by atoms with Crippen LogP contribution in [0, 0.1) is 0 Å². The van der Waals surface area contributed by atoms with Gasteiger partial charge in [0.2, 0.25) is 5.91 Å². The minimum Gasteiger partial charge on any atom is -0.458 e. The number of hydrogen-bond acceptors (Lipinski definition) is 5. The number of amides is 1. The largest absolute Gasteiger partial charge is 0.458 e. The van der Waals surface area contributed by atoms with E-state index in [1.54, 1.807) is 0 Å². The summed E-state index contributed by atoms with van der Waals surface area (Å²) in [5.74, 6) is -0.619. The first-order chi connectivity index (χ1) is 27.0. The van der Waals surface area contributed by atoms with Crippen LogP contribution >= 0.6 is 0 Å². The van der Waals surface area contributed by atoms with Gasteiger partial charge in [0.1, 0.15) is 6.10 Å². The molecule has 0 aliphatic carbocycles. The Labute approximate surface area is 341 Å². The molecule has 322 valence electrons. The van der Waals surface area contributed by atoms with Gasteiger partial charge in [-0.1, -0.05) is 199 Å². The van der Waals surface area contributed by atoms with Crippen LogP contribution in [0.5, 0.6) is 0 Å². The van der Waals surface area contributed by atoms with Crippen molar-refractivity contribution in [3.63, 3.8) is 0 Å². The van der Waals surface area contributed by atoms with Crippen molar-refractivity contribution in [3.8, 4) is 0 Å². The van der Waals surface area contributed by atoms with Crippen LogP contribution in [-0.4, -0.2) is 46.9 Å². The van der Waals surface area contributed by atoms with Crippen LogP contribution in [0.4, 0.5) is 0 Å². The molecule has 1 amide bonds. The molecule has 0 bridgehead atoms. The molecule has 0 radical (unpaired) electrons. The molecule has 6 nitrogen and oxygen atoms in total. The Kier molecular flexibility index (Phi) is 41.7. The third-order valence-corrected chi connectivity index (χ3v) is 10.7. The Hall–Kier alpha value is -1.92. The first-order valence-corrected chi connectivity index (χ1v) is 23.7. The van der Waals surface area contributed by atoms with Gasteiger partial charge in [-0.25, -0.2) is 0 Å². The number of unbranched alkanes of at least 4 members (excludes halogenated alkanes) is 26. The molecule has 3 N–H and O–H groups in total. The highest BCUT2D eigenvalue weighted by Crippen LogP contribution is 2.15. The molecule has 0 rings (SSSR count). The maximum Gasteiger partial charge on any atom is 0.306 e. The Morgan fingerprint density at radius 1 is 0.545 bits per heavy atom. The van der Waals surface area contributed by atoms with E-state index in [4.69, 9.17) is 4.74 Å². The van der Waals surface area contributed by atoms with Crippen LogP contribution in [0.15, 0.2) is 36.5 Å². The van der Waals surface area contributed by atoms with E-state index in [0.29, 0.717) is 12.8 Å². The maximum absolute atomic E-state index is 13.1. The fourth-order valence-electron chi connectivity index (χ4n) is 7.04. The van der Waals surface area contributed by atoms with Crippen molar-refractivity contribution >= 4 is 11.9 Å².